The summed E-state index contributed by atoms with van der Waals surface area (Å²) in [4.78, 5) is 0. The third-order valence-electron chi connectivity index (χ3n) is 2.74. The van der Waals surface area contributed by atoms with Crippen LogP contribution in [0, 0.1) is 0 Å². The van der Waals surface area contributed by atoms with Crippen LogP contribution in [0.4, 0.5) is 0 Å². The molecule has 0 saturated carbocycles. The van der Waals surface area contributed by atoms with Gasteiger partial charge in [-0.1, -0.05) is 43.6 Å². The zero-order valence-electron chi connectivity index (χ0n) is 13.3. The summed E-state index contributed by atoms with van der Waals surface area (Å²) in [5, 5.41) is 0. The van der Waals surface area contributed by atoms with Gasteiger partial charge in [0, 0.05) is 13.2 Å². The molecule has 0 aliphatic carbocycles. The summed E-state index contributed by atoms with van der Waals surface area (Å²) in [5.41, 5.74) is 1.40. The normalized spacial score (nSPS) is 11.6. The van der Waals surface area contributed by atoms with Crippen LogP contribution in [0.3, 0.4) is 0 Å². The van der Waals surface area contributed by atoms with Crippen LogP contribution < -0.4 is 0 Å². The van der Waals surface area contributed by atoms with Gasteiger partial charge in [-0.2, -0.15) is 0 Å². The molecule has 0 amide bonds. The van der Waals surface area contributed by atoms with E-state index in [-0.39, 0.29) is 6.10 Å². The molecule has 1 unspecified atom stereocenters. The fourth-order valence-corrected chi connectivity index (χ4v) is 1.88. The van der Waals surface area contributed by atoms with E-state index in [1.807, 2.05) is 20.8 Å². The zero-order chi connectivity index (χ0) is 15.1. The predicted octanol–water partition coefficient (Wildman–Crippen LogP) is 4.04. The van der Waals surface area contributed by atoms with Crippen LogP contribution >= 0.6 is 0 Å². The Kier molecular flexibility index (Phi) is 14.0. The molecule has 1 atom stereocenters. The van der Waals surface area contributed by atoms with Gasteiger partial charge >= 0.3 is 0 Å². The molecule has 1 rings (SSSR count). The highest BCUT2D eigenvalue weighted by molar-refractivity contribution is 6.08. The molecule has 0 bridgehead atoms. The fourth-order valence-electron chi connectivity index (χ4n) is 1.88. The lowest BCUT2D eigenvalue weighted by Crippen LogP contribution is -2.20. The van der Waals surface area contributed by atoms with Crippen molar-refractivity contribution in [3.63, 3.8) is 0 Å². The molecule has 0 fully saturated rings. The molecule has 0 saturated heterocycles. The smallest absolute Gasteiger partial charge is 0.0808 e. The van der Waals surface area contributed by atoms with Crippen LogP contribution in [0.15, 0.2) is 30.3 Å². The van der Waals surface area contributed by atoms with Crippen molar-refractivity contribution in [3.05, 3.63) is 35.9 Å². The standard InChI is InChI=1S/C15H24O2.C2H5B/c1-3-16-13-15(17-4-2)12-8-11-14-9-6-5-7-10-14;1-2-3/h5-7,9-10,15H,3-4,8,11-13H2,1-2H3;2H2,1H3. The van der Waals surface area contributed by atoms with Gasteiger partial charge in [0.05, 0.1) is 20.6 Å². The maximum Gasteiger partial charge on any atom is 0.0808 e. The van der Waals surface area contributed by atoms with Crippen molar-refractivity contribution in [2.45, 2.75) is 52.5 Å². The first kappa shape index (κ1) is 19.2. The maximum absolute atomic E-state index is 5.66. The SMILES string of the molecule is CCOCC(CCCc1ccccc1)OCC.[B]CC. The third kappa shape index (κ3) is 11.1. The first-order valence-corrected chi connectivity index (χ1v) is 7.71. The minimum Gasteiger partial charge on any atom is -0.379 e. The molecule has 2 radical (unpaired) electrons. The Balaban J connectivity index is 0.00000110. The summed E-state index contributed by atoms with van der Waals surface area (Å²) < 4.78 is 11.1. The molecule has 0 N–H and O–H groups in total. The fraction of sp³-hybridized carbons (Fsp3) is 0.647. The summed E-state index contributed by atoms with van der Waals surface area (Å²) >= 11 is 0. The number of rotatable bonds is 9. The largest absolute Gasteiger partial charge is 0.379 e. The average Bonchev–Trinajstić information content (AvgIpc) is 2.47. The molecule has 0 aromatic heterocycles. The van der Waals surface area contributed by atoms with Crippen LogP contribution in [0.5, 0.6) is 0 Å². The Hall–Kier alpha value is -0.795. The van der Waals surface area contributed by atoms with Gasteiger partial charge in [-0.05, 0) is 38.7 Å². The second-order valence-electron chi connectivity index (χ2n) is 4.52. The van der Waals surface area contributed by atoms with Crippen LogP contribution in [-0.2, 0) is 15.9 Å². The molecular formula is C17H29BO2. The van der Waals surface area contributed by atoms with E-state index < -0.39 is 0 Å². The highest BCUT2D eigenvalue weighted by atomic mass is 16.5. The van der Waals surface area contributed by atoms with Gasteiger partial charge < -0.3 is 9.47 Å². The molecule has 0 aliphatic rings. The second-order valence-corrected chi connectivity index (χ2v) is 4.52. The highest BCUT2D eigenvalue weighted by Gasteiger charge is 2.08. The minimum absolute atomic E-state index is 0.253. The van der Waals surface area contributed by atoms with Crippen molar-refractivity contribution >= 4 is 7.85 Å². The number of aryl methyl sites for hydroxylation is 1. The Bertz CT molecular complexity index is 290. The maximum atomic E-state index is 5.66. The summed E-state index contributed by atoms with van der Waals surface area (Å²) in [6.45, 7) is 8.22. The van der Waals surface area contributed by atoms with E-state index in [1.165, 1.54) is 5.56 Å². The van der Waals surface area contributed by atoms with Gasteiger partial charge in [-0.15, -0.1) is 0 Å². The monoisotopic (exact) mass is 276 g/mol. The Morgan fingerprint density at radius 1 is 1.05 bits per heavy atom. The van der Waals surface area contributed by atoms with Crippen molar-refractivity contribution in [1.82, 2.24) is 0 Å². The molecule has 1 aromatic rings. The Morgan fingerprint density at radius 2 is 1.70 bits per heavy atom. The Labute approximate surface area is 126 Å². The topological polar surface area (TPSA) is 18.5 Å². The molecule has 112 valence electrons. The summed E-state index contributed by atoms with van der Waals surface area (Å²) in [6, 6.07) is 10.6. The lowest BCUT2D eigenvalue weighted by atomic mass is 10.1. The van der Waals surface area contributed by atoms with Gasteiger partial charge in [0.2, 0.25) is 0 Å². The van der Waals surface area contributed by atoms with Crippen molar-refractivity contribution in [1.29, 1.82) is 0 Å². The second kappa shape index (κ2) is 14.6. The average molecular weight is 276 g/mol. The van der Waals surface area contributed by atoms with E-state index in [1.54, 1.807) is 0 Å². The molecule has 0 spiro atoms. The molecular weight excluding hydrogens is 247 g/mol. The summed E-state index contributed by atoms with van der Waals surface area (Å²) in [6.07, 6.45) is 4.35. The van der Waals surface area contributed by atoms with E-state index in [4.69, 9.17) is 17.3 Å². The minimum atomic E-state index is 0.253. The van der Waals surface area contributed by atoms with Gasteiger partial charge in [0.1, 0.15) is 0 Å². The van der Waals surface area contributed by atoms with E-state index >= 15 is 0 Å². The Morgan fingerprint density at radius 3 is 2.25 bits per heavy atom. The van der Waals surface area contributed by atoms with Crippen LogP contribution in [0.1, 0.15) is 39.2 Å². The van der Waals surface area contributed by atoms with E-state index in [9.17, 15) is 0 Å². The molecule has 0 aliphatic heterocycles. The number of hydrogen-bond donors (Lipinski definition) is 0. The highest BCUT2D eigenvalue weighted by Crippen LogP contribution is 2.09. The van der Waals surface area contributed by atoms with Gasteiger partial charge in [0.25, 0.3) is 0 Å². The van der Waals surface area contributed by atoms with E-state index in [0.717, 1.165) is 45.4 Å². The first-order valence-electron chi connectivity index (χ1n) is 7.71. The van der Waals surface area contributed by atoms with Crippen LogP contribution in [0.25, 0.3) is 0 Å². The van der Waals surface area contributed by atoms with Crippen molar-refractivity contribution in [2.75, 3.05) is 19.8 Å². The zero-order valence-corrected chi connectivity index (χ0v) is 13.3. The quantitative estimate of drug-likeness (QED) is 0.634. The van der Waals surface area contributed by atoms with Crippen molar-refractivity contribution in [2.24, 2.45) is 0 Å². The molecule has 0 heterocycles. The molecule has 2 nitrogen and oxygen atoms in total. The predicted molar refractivity (Wildman–Crippen MR) is 87.5 cm³/mol. The number of hydrogen-bond acceptors (Lipinski definition) is 2. The molecule has 20 heavy (non-hydrogen) atoms. The number of benzene rings is 1. The van der Waals surface area contributed by atoms with Crippen LogP contribution in [-0.4, -0.2) is 33.8 Å². The van der Waals surface area contributed by atoms with Gasteiger partial charge in [-0.25, -0.2) is 0 Å². The van der Waals surface area contributed by atoms with Crippen molar-refractivity contribution < 1.29 is 9.47 Å². The summed E-state index contributed by atoms with van der Waals surface area (Å²) in [5.74, 6) is 0. The lowest BCUT2D eigenvalue weighted by Gasteiger charge is -2.16. The van der Waals surface area contributed by atoms with Gasteiger partial charge in [0.15, 0.2) is 0 Å². The summed E-state index contributed by atoms with van der Waals surface area (Å²) in [7, 11) is 4.85. The van der Waals surface area contributed by atoms with Gasteiger partial charge in [-0.3, -0.25) is 0 Å². The number of ether oxygens (including phenoxy) is 2. The first-order chi connectivity index (χ1) is 9.78. The van der Waals surface area contributed by atoms with E-state index in [0.29, 0.717) is 0 Å². The molecule has 1 aromatic carbocycles. The van der Waals surface area contributed by atoms with Crippen molar-refractivity contribution in [3.8, 4) is 0 Å². The van der Waals surface area contributed by atoms with E-state index in [2.05, 4.69) is 30.3 Å². The lowest BCUT2D eigenvalue weighted by molar-refractivity contribution is -0.0131. The van der Waals surface area contributed by atoms with Crippen LogP contribution in [0.2, 0.25) is 6.32 Å². The third-order valence-corrected chi connectivity index (χ3v) is 2.74. The molecule has 3 heteroatoms.